The second kappa shape index (κ2) is 5.23. The number of carbonyl (C=O) groups excluding carboxylic acids is 1. The van der Waals surface area contributed by atoms with Gasteiger partial charge in [0, 0.05) is 13.6 Å². The predicted molar refractivity (Wildman–Crippen MR) is 70.8 cm³/mol. The van der Waals surface area contributed by atoms with Gasteiger partial charge in [0.15, 0.2) is 0 Å². The summed E-state index contributed by atoms with van der Waals surface area (Å²) in [6.07, 6.45) is 0. The second-order valence-electron chi connectivity index (χ2n) is 4.97. The first kappa shape index (κ1) is 14.9. The fourth-order valence-corrected chi connectivity index (χ4v) is 1.80. The van der Waals surface area contributed by atoms with E-state index in [1.54, 1.807) is 13.8 Å². The minimum Gasteiger partial charge on any atom is -0.393 e. The maximum atomic E-state index is 12.2. The van der Waals surface area contributed by atoms with Crippen molar-refractivity contribution >= 4 is 17.3 Å². The number of nitrogens with zero attached hydrogens (tertiary/aromatic N) is 2. The molecule has 0 bridgehead atoms. The van der Waals surface area contributed by atoms with Crippen LogP contribution in [-0.4, -0.2) is 40.0 Å². The average Bonchev–Trinajstić information content (AvgIpc) is 2.24. The van der Waals surface area contributed by atoms with Gasteiger partial charge >= 0.3 is 5.69 Å². The molecule has 0 fully saturated rings. The second-order valence-corrected chi connectivity index (χ2v) is 4.97. The summed E-state index contributed by atoms with van der Waals surface area (Å²) < 4.78 is 0. The molecule has 1 aromatic rings. The Hall–Kier alpha value is -2.15. The first-order chi connectivity index (χ1) is 8.63. The van der Waals surface area contributed by atoms with Crippen LogP contribution in [0.4, 0.5) is 11.4 Å². The molecule has 0 aliphatic carbocycles. The third-order valence-electron chi connectivity index (χ3n) is 2.45. The van der Waals surface area contributed by atoms with Crippen LogP contribution in [0.1, 0.15) is 24.2 Å². The summed E-state index contributed by atoms with van der Waals surface area (Å²) in [5, 5.41) is 20.6. The molecule has 3 N–H and O–H groups in total. The third kappa shape index (κ3) is 3.65. The molecule has 0 aliphatic rings. The van der Waals surface area contributed by atoms with Gasteiger partial charge in [-0.05, 0) is 26.0 Å². The van der Waals surface area contributed by atoms with Gasteiger partial charge < -0.3 is 15.7 Å². The van der Waals surface area contributed by atoms with E-state index < -0.39 is 22.1 Å². The normalized spacial score (nSPS) is 11.2. The number of nitro groups is 1. The summed E-state index contributed by atoms with van der Waals surface area (Å²) >= 11 is 0. The molecule has 19 heavy (non-hydrogen) atoms. The zero-order chi connectivity index (χ0) is 14.8. The van der Waals surface area contributed by atoms with E-state index in [0.29, 0.717) is 0 Å². The number of hydrogen-bond donors (Lipinski definition) is 2. The number of hydrogen-bond acceptors (Lipinski definition) is 5. The molecule has 1 amide bonds. The van der Waals surface area contributed by atoms with Gasteiger partial charge in [-0.1, -0.05) is 6.07 Å². The molecule has 0 saturated heterocycles. The minimum atomic E-state index is -1.08. The van der Waals surface area contributed by atoms with Crippen molar-refractivity contribution in [1.82, 2.24) is 4.90 Å². The number of anilines is 1. The summed E-state index contributed by atoms with van der Waals surface area (Å²) in [6.45, 7) is 3.15. The number of rotatable bonds is 4. The highest BCUT2D eigenvalue weighted by molar-refractivity contribution is 6.00. The smallest absolute Gasteiger partial charge is 0.304 e. The Bertz CT molecular complexity index is 508. The van der Waals surface area contributed by atoms with Crippen molar-refractivity contribution in [3.63, 3.8) is 0 Å². The van der Waals surface area contributed by atoms with Gasteiger partial charge in [0.25, 0.3) is 5.91 Å². The number of aliphatic hydroxyl groups is 1. The standard InChI is InChI=1S/C12H17N3O4/c1-12(2,17)7-14(3)11(16)8-5-4-6-9(13)10(8)15(18)19/h4-6,17H,7,13H2,1-3H3. The van der Waals surface area contributed by atoms with E-state index in [4.69, 9.17) is 5.73 Å². The first-order valence-corrected chi connectivity index (χ1v) is 5.64. The number of nitro benzene ring substituents is 1. The lowest BCUT2D eigenvalue weighted by Gasteiger charge is -2.25. The number of amides is 1. The SMILES string of the molecule is CN(CC(C)(C)O)C(=O)c1cccc(N)c1[N+](=O)[O-]. The fourth-order valence-electron chi connectivity index (χ4n) is 1.80. The molecular formula is C12H17N3O4. The topological polar surface area (TPSA) is 110 Å². The van der Waals surface area contributed by atoms with Crippen molar-refractivity contribution in [2.45, 2.75) is 19.4 Å². The van der Waals surface area contributed by atoms with Crippen LogP contribution in [0.5, 0.6) is 0 Å². The Morgan fingerprint density at radius 3 is 2.58 bits per heavy atom. The van der Waals surface area contributed by atoms with Crippen molar-refractivity contribution in [1.29, 1.82) is 0 Å². The molecule has 0 atom stereocenters. The predicted octanol–water partition coefficient (Wildman–Crippen LogP) is 1.02. The Kier molecular flexibility index (Phi) is 4.10. The lowest BCUT2D eigenvalue weighted by Crippen LogP contribution is -2.39. The molecule has 0 radical (unpaired) electrons. The first-order valence-electron chi connectivity index (χ1n) is 5.64. The van der Waals surface area contributed by atoms with E-state index in [1.807, 2.05) is 0 Å². The van der Waals surface area contributed by atoms with Crippen LogP contribution < -0.4 is 5.73 Å². The van der Waals surface area contributed by atoms with Crippen LogP contribution in [-0.2, 0) is 0 Å². The summed E-state index contributed by atoms with van der Waals surface area (Å²) in [6, 6.07) is 4.19. The summed E-state index contributed by atoms with van der Waals surface area (Å²) in [7, 11) is 1.47. The maximum Gasteiger partial charge on any atom is 0.304 e. The van der Waals surface area contributed by atoms with E-state index in [2.05, 4.69) is 0 Å². The molecule has 0 unspecified atom stereocenters. The van der Waals surface area contributed by atoms with Crippen LogP contribution in [0.3, 0.4) is 0 Å². The van der Waals surface area contributed by atoms with Crippen LogP contribution >= 0.6 is 0 Å². The van der Waals surface area contributed by atoms with E-state index in [9.17, 15) is 20.0 Å². The van der Waals surface area contributed by atoms with Gasteiger partial charge in [0.2, 0.25) is 0 Å². The zero-order valence-electron chi connectivity index (χ0n) is 11.1. The van der Waals surface area contributed by atoms with Crippen molar-refractivity contribution in [2.75, 3.05) is 19.3 Å². The lowest BCUT2D eigenvalue weighted by atomic mass is 10.1. The lowest BCUT2D eigenvalue weighted by molar-refractivity contribution is -0.384. The third-order valence-corrected chi connectivity index (χ3v) is 2.45. The molecule has 1 aromatic carbocycles. The van der Waals surface area contributed by atoms with Gasteiger partial charge in [0.05, 0.1) is 10.5 Å². The molecule has 0 spiro atoms. The number of carbonyl (C=O) groups is 1. The highest BCUT2D eigenvalue weighted by Crippen LogP contribution is 2.27. The quantitative estimate of drug-likeness (QED) is 0.481. The van der Waals surface area contributed by atoms with Gasteiger partial charge in [-0.15, -0.1) is 0 Å². The molecule has 0 aliphatic heterocycles. The van der Waals surface area contributed by atoms with Gasteiger partial charge in [-0.3, -0.25) is 14.9 Å². The summed E-state index contributed by atoms with van der Waals surface area (Å²) in [4.78, 5) is 23.7. The Balaban J connectivity index is 3.13. The van der Waals surface area contributed by atoms with Crippen molar-refractivity contribution < 1.29 is 14.8 Å². The van der Waals surface area contributed by atoms with Gasteiger partial charge in [-0.25, -0.2) is 0 Å². The van der Waals surface area contributed by atoms with E-state index in [1.165, 1.54) is 30.1 Å². The monoisotopic (exact) mass is 267 g/mol. The van der Waals surface area contributed by atoms with E-state index >= 15 is 0 Å². The van der Waals surface area contributed by atoms with Crippen LogP contribution in [0.15, 0.2) is 18.2 Å². The zero-order valence-corrected chi connectivity index (χ0v) is 11.1. The maximum absolute atomic E-state index is 12.2. The molecule has 0 aromatic heterocycles. The molecule has 7 heteroatoms. The number of nitrogens with two attached hydrogens (primary N) is 1. The Labute approximate surface area is 110 Å². The summed E-state index contributed by atoms with van der Waals surface area (Å²) in [5.41, 5.74) is 3.89. The fraction of sp³-hybridized carbons (Fsp3) is 0.417. The van der Waals surface area contributed by atoms with Crippen LogP contribution in [0, 0.1) is 10.1 Å². The number of nitrogen functional groups attached to an aromatic ring is 1. The van der Waals surface area contributed by atoms with Crippen LogP contribution in [0.25, 0.3) is 0 Å². The Morgan fingerprint density at radius 2 is 2.11 bits per heavy atom. The van der Waals surface area contributed by atoms with Crippen molar-refractivity contribution in [3.05, 3.63) is 33.9 Å². The molecule has 0 heterocycles. The van der Waals surface area contributed by atoms with E-state index in [0.717, 1.165) is 0 Å². The average molecular weight is 267 g/mol. The van der Waals surface area contributed by atoms with Crippen molar-refractivity contribution in [3.8, 4) is 0 Å². The van der Waals surface area contributed by atoms with Crippen LogP contribution in [0.2, 0.25) is 0 Å². The molecular weight excluding hydrogens is 250 g/mol. The minimum absolute atomic E-state index is 0.0534. The molecule has 7 nitrogen and oxygen atoms in total. The number of para-hydroxylation sites is 1. The largest absolute Gasteiger partial charge is 0.393 e. The Morgan fingerprint density at radius 1 is 1.53 bits per heavy atom. The highest BCUT2D eigenvalue weighted by atomic mass is 16.6. The number of likely N-dealkylation sites (N-methyl/N-ethyl adjacent to an activating group) is 1. The molecule has 104 valence electrons. The van der Waals surface area contributed by atoms with Crippen molar-refractivity contribution in [2.24, 2.45) is 0 Å². The van der Waals surface area contributed by atoms with E-state index in [-0.39, 0.29) is 17.8 Å². The van der Waals surface area contributed by atoms with Gasteiger partial charge in [-0.2, -0.15) is 0 Å². The van der Waals surface area contributed by atoms with Gasteiger partial charge in [0.1, 0.15) is 11.3 Å². The molecule has 1 rings (SSSR count). The summed E-state index contributed by atoms with van der Waals surface area (Å²) in [5.74, 6) is -0.555. The molecule has 0 saturated carbocycles. The number of benzene rings is 1. The highest BCUT2D eigenvalue weighted by Gasteiger charge is 2.27.